The highest BCUT2D eigenvalue weighted by Crippen LogP contribution is 2.45. The maximum atomic E-state index is 12.7. The topological polar surface area (TPSA) is 93.7 Å². The zero-order chi connectivity index (χ0) is 23.7. The Morgan fingerprint density at radius 3 is 2.56 bits per heavy atom. The third-order valence-electron chi connectivity index (χ3n) is 5.71. The van der Waals surface area contributed by atoms with Gasteiger partial charge in [0.15, 0.2) is 9.84 Å². The van der Waals surface area contributed by atoms with Crippen molar-refractivity contribution in [3.05, 3.63) is 71.8 Å². The van der Waals surface area contributed by atoms with Crippen molar-refractivity contribution in [2.24, 2.45) is 0 Å². The number of anilines is 2. The van der Waals surface area contributed by atoms with Crippen molar-refractivity contribution in [2.75, 3.05) is 24.3 Å². The van der Waals surface area contributed by atoms with Crippen LogP contribution in [0.1, 0.15) is 22.8 Å². The van der Waals surface area contributed by atoms with Crippen molar-refractivity contribution in [3.63, 3.8) is 0 Å². The van der Waals surface area contributed by atoms with E-state index in [0.717, 1.165) is 32.5 Å². The van der Waals surface area contributed by atoms with Gasteiger partial charge >= 0.3 is 0 Å². The summed E-state index contributed by atoms with van der Waals surface area (Å²) in [7, 11) is -3.23. The Morgan fingerprint density at radius 1 is 1.06 bits per heavy atom. The van der Waals surface area contributed by atoms with E-state index in [1.165, 1.54) is 0 Å². The lowest BCUT2D eigenvalue weighted by molar-refractivity contribution is -0.0797. The summed E-state index contributed by atoms with van der Waals surface area (Å²) in [6, 6.07) is 18.1. The summed E-state index contributed by atoms with van der Waals surface area (Å²) in [5.41, 5.74) is 3.22. The highest BCUT2D eigenvalue weighted by molar-refractivity contribution is 7.99. The Hall–Kier alpha value is -3.01. The third-order valence-corrected chi connectivity index (χ3v) is 8.59. The Bertz CT molecular complexity index is 1340. The van der Waals surface area contributed by atoms with Crippen LogP contribution in [-0.2, 0) is 21.1 Å². The molecule has 0 saturated carbocycles. The molecule has 34 heavy (non-hydrogen) atoms. The molecule has 2 aliphatic heterocycles. The minimum atomic E-state index is -3.23. The molecule has 5 rings (SSSR count). The van der Waals surface area contributed by atoms with Crippen LogP contribution in [0.4, 0.5) is 11.4 Å². The van der Waals surface area contributed by atoms with E-state index in [9.17, 15) is 13.2 Å². The average Bonchev–Trinajstić information content (AvgIpc) is 2.83. The van der Waals surface area contributed by atoms with Gasteiger partial charge in [-0.3, -0.25) is 4.79 Å². The predicted octanol–water partition coefficient (Wildman–Crippen LogP) is 4.40. The second kappa shape index (κ2) is 9.32. The summed E-state index contributed by atoms with van der Waals surface area (Å²) in [4.78, 5) is 15.1. The molecule has 0 atom stereocenters. The van der Waals surface area contributed by atoms with Crippen LogP contribution in [-0.4, -0.2) is 39.4 Å². The van der Waals surface area contributed by atoms with Crippen LogP contribution >= 0.6 is 11.8 Å². The van der Waals surface area contributed by atoms with E-state index in [4.69, 9.17) is 9.47 Å². The van der Waals surface area contributed by atoms with E-state index in [0.29, 0.717) is 30.2 Å². The Kier molecular flexibility index (Phi) is 6.24. The van der Waals surface area contributed by atoms with E-state index in [1.54, 1.807) is 49.0 Å². The van der Waals surface area contributed by atoms with Gasteiger partial charge in [0.1, 0.15) is 11.9 Å². The summed E-state index contributed by atoms with van der Waals surface area (Å²) >= 11 is 1.63. The van der Waals surface area contributed by atoms with Crippen LogP contribution in [0.25, 0.3) is 0 Å². The first kappa shape index (κ1) is 22.8. The fraction of sp³-hybridized carbons (Fsp3) is 0.240. The number of nitrogens with one attached hydrogen (secondary N) is 2. The normalized spacial score (nSPS) is 14.9. The molecule has 2 aliphatic rings. The second-order valence-corrected chi connectivity index (χ2v) is 11.5. The number of fused-ring (bicyclic) bond motifs is 2. The van der Waals surface area contributed by atoms with Crippen molar-refractivity contribution >= 4 is 38.9 Å². The first-order valence-electron chi connectivity index (χ1n) is 11.0. The zero-order valence-electron chi connectivity index (χ0n) is 18.5. The van der Waals surface area contributed by atoms with Crippen molar-refractivity contribution in [2.45, 2.75) is 34.3 Å². The number of hydrogen-bond acceptors (Lipinski definition) is 7. The second-order valence-electron chi connectivity index (χ2n) is 8.10. The number of benzene rings is 3. The molecule has 176 valence electrons. The number of rotatable bonds is 7. The highest BCUT2D eigenvalue weighted by atomic mass is 32.2. The molecule has 9 heteroatoms. The Morgan fingerprint density at radius 2 is 1.85 bits per heavy atom. The van der Waals surface area contributed by atoms with Gasteiger partial charge in [-0.1, -0.05) is 30.8 Å². The number of carbonyl (C=O) groups is 1. The SMILES string of the molecule is CCS(=O)(=O)c1ccc(CNC(=O)c2ccc3c(c2)Nc2ccc(OC4COC4)cc2S3)cc1. The molecule has 0 unspecified atom stereocenters. The fourth-order valence-electron chi connectivity index (χ4n) is 3.63. The molecule has 0 bridgehead atoms. The average molecular weight is 497 g/mol. The summed E-state index contributed by atoms with van der Waals surface area (Å²) in [6.07, 6.45) is 0.121. The van der Waals surface area contributed by atoms with Gasteiger partial charge in [0.25, 0.3) is 5.91 Å². The number of sulfone groups is 1. The molecule has 3 aromatic rings. The monoisotopic (exact) mass is 496 g/mol. The van der Waals surface area contributed by atoms with Crippen LogP contribution in [0.15, 0.2) is 75.4 Å². The number of amides is 1. The van der Waals surface area contributed by atoms with Crippen LogP contribution in [0.5, 0.6) is 5.75 Å². The van der Waals surface area contributed by atoms with Gasteiger partial charge in [-0.05, 0) is 54.1 Å². The zero-order valence-corrected chi connectivity index (χ0v) is 20.2. The van der Waals surface area contributed by atoms with Crippen LogP contribution < -0.4 is 15.4 Å². The maximum Gasteiger partial charge on any atom is 0.251 e. The summed E-state index contributed by atoms with van der Waals surface area (Å²) in [6.45, 7) is 3.18. The van der Waals surface area contributed by atoms with E-state index < -0.39 is 9.84 Å². The lowest BCUT2D eigenvalue weighted by Crippen LogP contribution is -2.38. The van der Waals surface area contributed by atoms with E-state index >= 15 is 0 Å². The quantitative estimate of drug-likeness (QED) is 0.392. The molecule has 7 nitrogen and oxygen atoms in total. The van der Waals surface area contributed by atoms with Gasteiger partial charge in [0.2, 0.25) is 0 Å². The van der Waals surface area contributed by atoms with Crippen molar-refractivity contribution in [1.82, 2.24) is 5.32 Å². The highest BCUT2D eigenvalue weighted by Gasteiger charge is 2.22. The van der Waals surface area contributed by atoms with E-state index in [1.807, 2.05) is 30.3 Å². The van der Waals surface area contributed by atoms with Gasteiger partial charge < -0.3 is 20.1 Å². The molecule has 2 N–H and O–H groups in total. The number of carbonyl (C=O) groups excluding carboxylic acids is 1. The molecule has 0 aliphatic carbocycles. The van der Waals surface area contributed by atoms with Crippen molar-refractivity contribution < 1.29 is 22.7 Å². The summed E-state index contributed by atoms with van der Waals surface area (Å²) < 4.78 is 34.9. The molecule has 1 saturated heterocycles. The molecule has 3 aromatic carbocycles. The van der Waals surface area contributed by atoms with Gasteiger partial charge in [0, 0.05) is 21.9 Å². The van der Waals surface area contributed by atoms with Gasteiger partial charge in [-0.2, -0.15) is 0 Å². The summed E-state index contributed by atoms with van der Waals surface area (Å²) in [5.74, 6) is 0.682. The molecule has 1 fully saturated rings. The minimum Gasteiger partial charge on any atom is -0.486 e. The molecule has 0 aromatic heterocycles. The predicted molar refractivity (Wildman–Crippen MR) is 131 cm³/mol. The van der Waals surface area contributed by atoms with Crippen molar-refractivity contribution in [1.29, 1.82) is 0 Å². The standard InChI is InChI=1S/C25H24N2O5S2/c1-2-34(29,30)20-7-3-16(4-8-20)13-26-25(28)17-5-10-23-22(11-17)27-21-9-6-18(12-24(21)33-23)32-19-14-31-15-19/h3-12,19,27H,2,13-15H2,1H3,(H,26,28). The van der Waals surface area contributed by atoms with Crippen LogP contribution in [0.2, 0.25) is 0 Å². The largest absolute Gasteiger partial charge is 0.486 e. The third kappa shape index (κ3) is 4.77. The summed E-state index contributed by atoms with van der Waals surface area (Å²) in [5, 5.41) is 6.31. The molecular formula is C25H24N2O5S2. The molecule has 0 radical (unpaired) electrons. The fourth-order valence-corrected chi connectivity index (χ4v) is 5.51. The molecule has 0 spiro atoms. The van der Waals surface area contributed by atoms with E-state index in [-0.39, 0.29) is 17.8 Å². The number of ether oxygens (including phenoxy) is 2. The van der Waals surface area contributed by atoms with Gasteiger partial charge in [-0.15, -0.1) is 0 Å². The molecular weight excluding hydrogens is 472 g/mol. The van der Waals surface area contributed by atoms with Crippen LogP contribution in [0.3, 0.4) is 0 Å². The Labute approximate surface area is 202 Å². The number of hydrogen-bond donors (Lipinski definition) is 2. The smallest absolute Gasteiger partial charge is 0.251 e. The minimum absolute atomic E-state index is 0.0586. The first-order chi connectivity index (χ1) is 16.4. The lowest BCUT2D eigenvalue weighted by Gasteiger charge is -2.28. The lowest BCUT2D eigenvalue weighted by atomic mass is 10.1. The van der Waals surface area contributed by atoms with Crippen molar-refractivity contribution in [3.8, 4) is 5.75 Å². The molecule has 1 amide bonds. The van der Waals surface area contributed by atoms with E-state index in [2.05, 4.69) is 10.6 Å². The first-order valence-corrected chi connectivity index (χ1v) is 13.5. The van der Waals surface area contributed by atoms with Crippen LogP contribution in [0, 0.1) is 0 Å². The Balaban J connectivity index is 1.23. The maximum absolute atomic E-state index is 12.7. The van der Waals surface area contributed by atoms with Gasteiger partial charge in [0.05, 0.1) is 35.2 Å². The molecule has 2 heterocycles. The van der Waals surface area contributed by atoms with Gasteiger partial charge in [-0.25, -0.2) is 8.42 Å².